The highest BCUT2D eigenvalue weighted by atomic mass is 19.2. The number of carbonyl (C=O) groups excluding carboxylic acids is 4. The molecule has 51 heavy (non-hydrogen) atoms. The minimum absolute atomic E-state index is 0.0314. The molecule has 1 heterocycles. The Labute approximate surface area is 291 Å². The van der Waals surface area contributed by atoms with Gasteiger partial charge in [0.15, 0.2) is 0 Å². The first-order valence-electron chi connectivity index (χ1n) is 16.5. The molecule has 0 aromatic heterocycles. The molecule has 4 rings (SSSR count). The molecular weight excluding hydrogens is 679 g/mol. The van der Waals surface area contributed by atoms with Crippen LogP contribution in [0.3, 0.4) is 0 Å². The van der Waals surface area contributed by atoms with Gasteiger partial charge in [0.1, 0.15) is 18.1 Å². The fourth-order valence-corrected chi connectivity index (χ4v) is 5.42. The molecule has 0 saturated carbocycles. The Morgan fingerprint density at radius 1 is 0.706 bits per heavy atom. The average Bonchev–Trinajstić information content (AvgIpc) is 3.14. The summed E-state index contributed by atoms with van der Waals surface area (Å²) in [5.41, 5.74) is 1.37. The zero-order valence-electron chi connectivity index (χ0n) is 27.9. The third-order valence-corrected chi connectivity index (χ3v) is 8.15. The van der Waals surface area contributed by atoms with Crippen LogP contribution in [-0.2, 0) is 36.8 Å². The lowest BCUT2D eigenvalue weighted by Gasteiger charge is -2.28. The summed E-state index contributed by atoms with van der Waals surface area (Å²) in [7, 11) is 0. The third kappa shape index (κ3) is 11.0. The Hall–Kier alpha value is -4.89. The van der Waals surface area contributed by atoms with E-state index in [-0.39, 0.29) is 25.8 Å². The van der Waals surface area contributed by atoms with E-state index in [1.165, 1.54) is 0 Å². The van der Waals surface area contributed by atoms with Crippen LogP contribution in [0.4, 0.5) is 22.0 Å². The van der Waals surface area contributed by atoms with Gasteiger partial charge in [-0.15, -0.1) is 0 Å². The van der Waals surface area contributed by atoms with Crippen LogP contribution in [0.2, 0.25) is 0 Å². The number of carbonyl (C=O) groups is 4. The lowest BCUT2D eigenvalue weighted by molar-refractivity contribution is -0.140. The van der Waals surface area contributed by atoms with Crippen molar-refractivity contribution >= 4 is 23.7 Å². The number of amides is 3. The second-order valence-corrected chi connectivity index (χ2v) is 12.0. The molecule has 3 atom stereocenters. The molecule has 10 nitrogen and oxygen atoms in total. The number of ether oxygens (including phenoxy) is 2. The van der Waals surface area contributed by atoms with Gasteiger partial charge in [-0.2, -0.15) is 8.78 Å². The zero-order chi connectivity index (χ0) is 36.9. The summed E-state index contributed by atoms with van der Waals surface area (Å²) in [6.45, 7) is 3.80. The number of rotatable bonds is 16. The summed E-state index contributed by atoms with van der Waals surface area (Å²) < 4.78 is 80.0. The molecule has 3 amide bonds. The molecule has 1 unspecified atom stereocenters. The number of hydrogen-bond acceptors (Lipinski definition) is 7. The zero-order valence-corrected chi connectivity index (χ0v) is 27.9. The molecule has 1 aliphatic heterocycles. The van der Waals surface area contributed by atoms with Crippen LogP contribution in [0, 0.1) is 29.1 Å². The van der Waals surface area contributed by atoms with Crippen molar-refractivity contribution in [3.05, 3.63) is 101 Å². The highest BCUT2D eigenvalue weighted by Gasteiger charge is 2.34. The molecule has 0 bridgehead atoms. The number of benzene rings is 3. The Balaban J connectivity index is 1.52. The van der Waals surface area contributed by atoms with Gasteiger partial charge in [0.25, 0.3) is 0 Å². The SMILES string of the molecule is CCCC(NC(=O)[C@H](CCc1ccccc1)NC(=O)CN1CCOCC1)C(=O)N[C@@H](Cc1ccccc1)C(=O)Oc1c(F)c(F)c(F)c(F)c1F. The van der Waals surface area contributed by atoms with Crippen molar-refractivity contribution in [1.29, 1.82) is 0 Å². The van der Waals surface area contributed by atoms with Gasteiger partial charge in [0.05, 0.1) is 19.8 Å². The first-order chi connectivity index (χ1) is 24.5. The Bertz CT molecular complexity index is 1630. The molecule has 0 radical (unpaired) electrons. The summed E-state index contributed by atoms with van der Waals surface area (Å²) in [6.07, 6.45) is 0.773. The quantitative estimate of drug-likeness (QED) is 0.0678. The highest BCUT2D eigenvalue weighted by Crippen LogP contribution is 2.29. The topological polar surface area (TPSA) is 126 Å². The van der Waals surface area contributed by atoms with Gasteiger partial charge in [0.2, 0.25) is 52.6 Å². The van der Waals surface area contributed by atoms with Gasteiger partial charge < -0.3 is 25.4 Å². The summed E-state index contributed by atoms with van der Waals surface area (Å²) >= 11 is 0. The van der Waals surface area contributed by atoms with Gasteiger partial charge in [-0.05, 0) is 30.4 Å². The largest absolute Gasteiger partial charge is 0.418 e. The highest BCUT2D eigenvalue weighted by molar-refractivity contribution is 5.94. The maximum atomic E-state index is 14.4. The van der Waals surface area contributed by atoms with Crippen LogP contribution >= 0.6 is 0 Å². The summed E-state index contributed by atoms with van der Waals surface area (Å²) in [4.78, 5) is 55.4. The van der Waals surface area contributed by atoms with E-state index < -0.39 is 76.7 Å². The second-order valence-electron chi connectivity index (χ2n) is 12.0. The molecule has 15 heteroatoms. The predicted molar refractivity (Wildman–Crippen MR) is 175 cm³/mol. The number of nitrogens with zero attached hydrogens (tertiary/aromatic N) is 1. The fraction of sp³-hybridized carbons (Fsp3) is 0.389. The van der Waals surface area contributed by atoms with Crippen molar-refractivity contribution in [1.82, 2.24) is 20.9 Å². The maximum Gasteiger partial charge on any atom is 0.334 e. The molecule has 274 valence electrons. The first-order valence-corrected chi connectivity index (χ1v) is 16.5. The van der Waals surface area contributed by atoms with E-state index in [2.05, 4.69) is 20.7 Å². The van der Waals surface area contributed by atoms with Crippen LogP contribution in [0.25, 0.3) is 0 Å². The standard InChI is InChI=1S/C36H39F5N4O6/c1-2-9-24(43-35(48)25(15-14-22-10-5-3-6-11-22)42-27(46)21-45-16-18-50-19-17-45)34(47)44-26(20-23-12-7-4-8-13-23)36(49)51-33-31(40)29(38)28(37)30(39)32(33)41/h3-8,10-13,24-26H,2,9,14-21H2,1H3,(H,42,46)(H,43,48)(H,44,47)/t24?,25-,26-/m0/s1. The number of halogens is 5. The van der Waals surface area contributed by atoms with E-state index in [1.54, 1.807) is 37.3 Å². The van der Waals surface area contributed by atoms with Crippen LogP contribution < -0.4 is 20.7 Å². The van der Waals surface area contributed by atoms with E-state index in [4.69, 9.17) is 4.74 Å². The molecule has 3 aromatic carbocycles. The van der Waals surface area contributed by atoms with Crippen molar-refractivity contribution in [3.63, 3.8) is 0 Å². The summed E-state index contributed by atoms with van der Waals surface area (Å²) in [5.74, 6) is -17.1. The van der Waals surface area contributed by atoms with Crippen molar-refractivity contribution in [3.8, 4) is 5.75 Å². The number of aryl methyl sites for hydroxylation is 1. The van der Waals surface area contributed by atoms with E-state index in [0.717, 1.165) is 5.56 Å². The molecule has 3 aromatic rings. The van der Waals surface area contributed by atoms with Gasteiger partial charge in [-0.3, -0.25) is 19.3 Å². The van der Waals surface area contributed by atoms with Crippen LogP contribution in [0.15, 0.2) is 60.7 Å². The van der Waals surface area contributed by atoms with Gasteiger partial charge in [0, 0.05) is 19.5 Å². The monoisotopic (exact) mass is 718 g/mol. The van der Waals surface area contributed by atoms with Crippen LogP contribution in [0.1, 0.15) is 37.3 Å². The van der Waals surface area contributed by atoms with Crippen LogP contribution in [0.5, 0.6) is 5.75 Å². The van der Waals surface area contributed by atoms with Crippen molar-refractivity contribution in [2.24, 2.45) is 0 Å². The number of hydrogen-bond donors (Lipinski definition) is 3. The van der Waals surface area contributed by atoms with E-state index >= 15 is 0 Å². The van der Waals surface area contributed by atoms with Crippen molar-refractivity contribution in [2.45, 2.75) is 57.2 Å². The van der Waals surface area contributed by atoms with Crippen molar-refractivity contribution in [2.75, 3.05) is 32.8 Å². The number of morpholine rings is 1. The molecule has 0 spiro atoms. The summed E-state index contributed by atoms with van der Waals surface area (Å²) in [5, 5.41) is 7.82. The fourth-order valence-electron chi connectivity index (χ4n) is 5.42. The molecule has 3 N–H and O–H groups in total. The Morgan fingerprint density at radius 2 is 1.22 bits per heavy atom. The van der Waals surface area contributed by atoms with Gasteiger partial charge in [-0.1, -0.05) is 74.0 Å². The maximum absolute atomic E-state index is 14.4. The lowest BCUT2D eigenvalue weighted by atomic mass is 10.0. The minimum atomic E-state index is -2.43. The smallest absolute Gasteiger partial charge is 0.334 e. The predicted octanol–water partition coefficient (Wildman–Crippen LogP) is 3.75. The molecule has 1 aliphatic rings. The molecule has 1 fully saturated rings. The second kappa shape index (κ2) is 18.9. The molecular formula is C36H39F5N4O6. The van der Waals surface area contributed by atoms with Gasteiger partial charge in [-0.25, -0.2) is 18.0 Å². The van der Waals surface area contributed by atoms with Crippen molar-refractivity contribution < 1.29 is 50.6 Å². The third-order valence-electron chi connectivity index (χ3n) is 8.15. The Kier molecular flexibility index (Phi) is 14.4. The average molecular weight is 719 g/mol. The number of nitrogens with one attached hydrogen (secondary N) is 3. The first kappa shape index (κ1) is 38.9. The normalized spacial score (nSPS) is 14.9. The molecule has 0 aliphatic carbocycles. The van der Waals surface area contributed by atoms with Crippen LogP contribution in [-0.4, -0.2) is 79.6 Å². The Morgan fingerprint density at radius 3 is 1.78 bits per heavy atom. The molecule has 1 saturated heterocycles. The van der Waals surface area contributed by atoms with E-state index in [9.17, 15) is 41.1 Å². The van der Waals surface area contributed by atoms with Gasteiger partial charge >= 0.3 is 5.97 Å². The van der Waals surface area contributed by atoms with E-state index in [0.29, 0.717) is 44.7 Å². The minimum Gasteiger partial charge on any atom is -0.418 e. The van der Waals surface area contributed by atoms with E-state index in [1.807, 2.05) is 35.2 Å². The number of esters is 1. The lowest BCUT2D eigenvalue weighted by Crippen LogP contribution is -2.57. The summed E-state index contributed by atoms with van der Waals surface area (Å²) in [6, 6.07) is 13.3.